The van der Waals surface area contributed by atoms with Crippen molar-refractivity contribution in [2.75, 3.05) is 12.4 Å². The highest BCUT2D eigenvalue weighted by Gasteiger charge is 2.21. The molecule has 0 aliphatic carbocycles. The minimum atomic E-state index is -1.27. The summed E-state index contributed by atoms with van der Waals surface area (Å²) in [6.45, 7) is 1.73. The molecule has 2 atom stereocenters. The number of hydrogen-bond acceptors (Lipinski definition) is 6. The lowest BCUT2D eigenvalue weighted by atomic mass is 9.52. The van der Waals surface area contributed by atoms with Gasteiger partial charge in [-0.25, -0.2) is 14.4 Å². The van der Waals surface area contributed by atoms with Crippen LogP contribution in [0.15, 0.2) is 41.7 Å². The minimum Gasteiger partial charge on any atom is -0.498 e. The van der Waals surface area contributed by atoms with Crippen LogP contribution in [0.1, 0.15) is 29.1 Å². The number of amides is 1. The Kier molecular flexibility index (Phi) is 7.72. The largest absolute Gasteiger partial charge is 0.498 e. The molecule has 29 heavy (non-hydrogen) atoms. The first-order chi connectivity index (χ1) is 13.6. The fourth-order valence-electron chi connectivity index (χ4n) is 2.36. The zero-order chi connectivity index (χ0) is 21.6. The van der Waals surface area contributed by atoms with E-state index in [1.807, 2.05) is 23.5 Å². The summed E-state index contributed by atoms with van der Waals surface area (Å²) in [6.07, 6.45) is 1.46. The Morgan fingerprint density at radius 3 is 2.66 bits per heavy atom. The standard InChI is InChI=1S/C17H23B3FN5O2S/c1-9(29-16(22)23-2)14(21)10-4-3-5-11(6-10)26-15(27)12-7-25-13(8-24-12)28-17(18,19)20/h3-9,14H,18-20H2,1-2H3,(H2,22,23)(H,26,27)/t9-,14+/m1/s1. The number of aromatic nitrogens is 2. The zero-order valence-corrected chi connectivity index (χ0v) is 18.0. The molecule has 0 fully saturated rings. The number of carbonyl (C=O) groups is 1. The van der Waals surface area contributed by atoms with Gasteiger partial charge in [0, 0.05) is 23.3 Å². The molecule has 0 unspecified atom stereocenters. The van der Waals surface area contributed by atoms with Crippen molar-refractivity contribution >= 4 is 52.1 Å². The fourth-order valence-corrected chi connectivity index (χ4v) is 3.12. The Hall–Kier alpha value is -2.49. The molecule has 3 N–H and O–H groups in total. The van der Waals surface area contributed by atoms with Crippen molar-refractivity contribution in [3.05, 3.63) is 47.9 Å². The maximum Gasteiger partial charge on any atom is 0.275 e. The van der Waals surface area contributed by atoms with Gasteiger partial charge in [0.25, 0.3) is 5.91 Å². The summed E-state index contributed by atoms with van der Waals surface area (Å²) in [5, 5.41) is 2.19. The van der Waals surface area contributed by atoms with Crippen LogP contribution in [0.3, 0.4) is 0 Å². The first kappa shape index (κ1) is 22.8. The zero-order valence-electron chi connectivity index (χ0n) is 17.1. The highest BCUT2D eigenvalue weighted by molar-refractivity contribution is 8.14. The van der Waals surface area contributed by atoms with Gasteiger partial charge in [-0.1, -0.05) is 23.9 Å². The number of halogens is 1. The highest BCUT2D eigenvalue weighted by Crippen LogP contribution is 2.31. The van der Waals surface area contributed by atoms with E-state index in [-0.39, 0.29) is 5.69 Å². The van der Waals surface area contributed by atoms with Crippen molar-refractivity contribution in [2.45, 2.75) is 23.6 Å². The average Bonchev–Trinajstić information content (AvgIpc) is 2.66. The van der Waals surface area contributed by atoms with E-state index in [0.717, 1.165) is 11.8 Å². The number of rotatable bonds is 7. The number of carbonyl (C=O) groups excluding carboxylic acids is 1. The predicted molar refractivity (Wildman–Crippen MR) is 124 cm³/mol. The topological polar surface area (TPSA) is 102 Å². The lowest BCUT2D eigenvalue weighted by Crippen LogP contribution is -2.37. The van der Waals surface area contributed by atoms with Gasteiger partial charge >= 0.3 is 0 Å². The fraction of sp³-hybridized carbons (Fsp3) is 0.294. The Morgan fingerprint density at radius 2 is 2.07 bits per heavy atom. The monoisotopic (exact) mass is 413 g/mol. The van der Waals surface area contributed by atoms with Crippen molar-refractivity contribution in [3.63, 3.8) is 0 Å². The predicted octanol–water partition coefficient (Wildman–Crippen LogP) is -0.305. The van der Waals surface area contributed by atoms with Crippen LogP contribution in [0.4, 0.5) is 10.1 Å². The van der Waals surface area contributed by atoms with Gasteiger partial charge in [-0.3, -0.25) is 9.79 Å². The molecule has 150 valence electrons. The molecule has 0 saturated carbocycles. The summed E-state index contributed by atoms with van der Waals surface area (Å²) in [5.41, 5.74) is 6.69. The van der Waals surface area contributed by atoms with Crippen LogP contribution in [0.2, 0.25) is 0 Å². The summed E-state index contributed by atoms with van der Waals surface area (Å²) < 4.78 is 20.4. The summed E-state index contributed by atoms with van der Waals surface area (Å²) >= 11 is 1.16. The van der Waals surface area contributed by atoms with Crippen LogP contribution in [0.5, 0.6) is 5.88 Å². The second-order valence-corrected chi connectivity index (χ2v) is 8.72. The van der Waals surface area contributed by atoms with E-state index < -0.39 is 22.6 Å². The van der Waals surface area contributed by atoms with E-state index in [2.05, 4.69) is 20.3 Å². The third kappa shape index (κ3) is 7.12. The Bertz CT molecular complexity index is 880. The molecule has 0 bridgehead atoms. The number of amidine groups is 1. The molecule has 0 saturated heterocycles. The molecular formula is C17H23B3FN5O2S. The Labute approximate surface area is 176 Å². The van der Waals surface area contributed by atoms with Crippen LogP contribution >= 0.6 is 11.8 Å². The molecule has 0 radical (unpaired) electrons. The molecule has 0 aliphatic rings. The number of aliphatic imine (C=N–C) groups is 1. The van der Waals surface area contributed by atoms with E-state index in [1.165, 1.54) is 12.4 Å². The summed E-state index contributed by atoms with van der Waals surface area (Å²) in [7, 11) is 7.23. The van der Waals surface area contributed by atoms with Crippen LogP contribution in [-0.4, -0.2) is 62.2 Å². The molecular weight excluding hydrogens is 390 g/mol. The van der Waals surface area contributed by atoms with Crippen LogP contribution < -0.4 is 15.8 Å². The van der Waals surface area contributed by atoms with Gasteiger partial charge < -0.3 is 15.8 Å². The van der Waals surface area contributed by atoms with Gasteiger partial charge in [-0.05, 0) is 24.6 Å². The quantitative estimate of drug-likeness (QED) is 0.367. The highest BCUT2D eigenvalue weighted by atomic mass is 32.2. The van der Waals surface area contributed by atoms with Gasteiger partial charge in [-0.2, -0.15) is 0 Å². The molecule has 1 heterocycles. The number of thioether (sulfide) groups is 1. The second kappa shape index (κ2) is 9.82. The van der Waals surface area contributed by atoms with Crippen molar-refractivity contribution < 1.29 is 13.9 Å². The first-order valence-corrected chi connectivity index (χ1v) is 9.92. The van der Waals surface area contributed by atoms with Crippen molar-refractivity contribution in [1.82, 2.24) is 9.97 Å². The maximum atomic E-state index is 14.8. The molecule has 0 aliphatic heterocycles. The number of hydrogen-bond donors (Lipinski definition) is 2. The van der Waals surface area contributed by atoms with Crippen molar-refractivity contribution in [3.8, 4) is 5.88 Å². The maximum absolute atomic E-state index is 14.8. The molecule has 0 spiro atoms. The third-order valence-corrected chi connectivity index (χ3v) is 4.71. The van der Waals surface area contributed by atoms with Crippen LogP contribution in [0.25, 0.3) is 0 Å². The van der Waals surface area contributed by atoms with Crippen LogP contribution in [-0.2, 0) is 0 Å². The molecule has 12 heteroatoms. The van der Waals surface area contributed by atoms with Gasteiger partial charge in [0.15, 0.2) is 5.17 Å². The van der Waals surface area contributed by atoms with Crippen molar-refractivity contribution in [2.24, 2.45) is 10.7 Å². The third-order valence-electron chi connectivity index (χ3n) is 3.67. The molecule has 1 aromatic heterocycles. The molecule has 2 rings (SSSR count). The summed E-state index contributed by atoms with van der Waals surface area (Å²) in [4.78, 5) is 24.4. The smallest absolute Gasteiger partial charge is 0.275 e. The van der Waals surface area contributed by atoms with E-state index in [4.69, 9.17) is 10.5 Å². The van der Waals surface area contributed by atoms with E-state index in [1.54, 1.807) is 38.2 Å². The number of ether oxygens (including phenoxy) is 1. The first-order valence-electron chi connectivity index (χ1n) is 9.04. The van der Waals surface area contributed by atoms with E-state index in [9.17, 15) is 9.18 Å². The number of anilines is 1. The second-order valence-electron chi connectivity index (χ2n) is 7.32. The van der Waals surface area contributed by atoms with E-state index >= 15 is 0 Å². The summed E-state index contributed by atoms with van der Waals surface area (Å²) in [5.74, 6) is -0.116. The van der Waals surface area contributed by atoms with Gasteiger partial charge in [0.2, 0.25) is 5.88 Å². The number of nitrogens with one attached hydrogen (secondary N) is 1. The number of nitrogens with two attached hydrogens (primary N) is 1. The number of alkyl halides is 1. The number of nitrogens with zero attached hydrogens (tertiary/aromatic N) is 3. The SMILES string of the molecule is BC(B)(B)Oc1cnc(C(=O)Nc2cccc([C@@H](F)[C@@H](C)S/C(N)=N\C)c2)cn1. The van der Waals surface area contributed by atoms with Crippen molar-refractivity contribution in [1.29, 1.82) is 0 Å². The Balaban J connectivity index is 2.06. The van der Waals surface area contributed by atoms with Gasteiger partial charge in [0.05, 0.1) is 12.4 Å². The van der Waals surface area contributed by atoms with Gasteiger partial charge in [-0.15, -0.1) is 0 Å². The van der Waals surface area contributed by atoms with Crippen LogP contribution in [0, 0.1) is 0 Å². The lowest BCUT2D eigenvalue weighted by Gasteiger charge is -2.20. The summed E-state index contributed by atoms with van der Waals surface area (Å²) in [6, 6.07) is 6.61. The molecule has 1 aromatic carbocycles. The average molecular weight is 413 g/mol. The molecule has 1 amide bonds. The molecule has 7 nitrogen and oxygen atoms in total. The minimum absolute atomic E-state index is 0.129. The Morgan fingerprint density at radius 1 is 1.34 bits per heavy atom. The van der Waals surface area contributed by atoms with E-state index in [0.29, 0.717) is 22.3 Å². The van der Waals surface area contributed by atoms with Gasteiger partial charge in [0.1, 0.15) is 35.4 Å². The normalized spacial score (nSPS) is 14.1. The lowest BCUT2D eigenvalue weighted by molar-refractivity contribution is 0.102. The number of benzene rings is 1. The molecule has 2 aromatic rings.